The highest BCUT2D eigenvalue weighted by Gasteiger charge is 2.47. The Kier molecular flexibility index (Phi) is 8.25. The summed E-state index contributed by atoms with van der Waals surface area (Å²) < 4.78 is 0.779. The van der Waals surface area contributed by atoms with Crippen LogP contribution in [-0.4, -0.2) is 43.9 Å². The first-order chi connectivity index (χ1) is 17.2. The number of fused-ring (bicyclic) bond motifs is 1. The van der Waals surface area contributed by atoms with Crippen LogP contribution in [0, 0.1) is 0 Å². The van der Waals surface area contributed by atoms with E-state index in [4.69, 9.17) is 23.2 Å². The lowest BCUT2D eigenvalue weighted by Crippen LogP contribution is -2.44. The summed E-state index contributed by atoms with van der Waals surface area (Å²) in [5, 5.41) is 10.5. The largest absolute Gasteiger partial charge is 0.367 e. The molecule has 0 fully saturated rings. The van der Waals surface area contributed by atoms with Crippen LogP contribution in [0.15, 0.2) is 65.1 Å². The van der Waals surface area contributed by atoms with Crippen molar-refractivity contribution in [3.8, 4) is 0 Å². The molecule has 0 saturated heterocycles. The van der Waals surface area contributed by atoms with Gasteiger partial charge in [0.05, 0.1) is 5.56 Å². The zero-order valence-electron chi connectivity index (χ0n) is 20.0. The van der Waals surface area contributed by atoms with E-state index in [2.05, 4.69) is 36.8 Å². The Labute approximate surface area is 229 Å². The number of rotatable bonds is 9. The normalized spacial score (nSPS) is 16.6. The molecule has 6 nitrogen and oxygen atoms in total. The summed E-state index contributed by atoms with van der Waals surface area (Å²) in [5.74, 6) is -0.451. The quantitative estimate of drug-likeness (QED) is 0.270. The second-order valence-corrected chi connectivity index (χ2v) is 10.9. The number of carbonyl (C=O) groups is 2. The number of anilines is 2. The fourth-order valence-corrected chi connectivity index (χ4v) is 5.13. The van der Waals surface area contributed by atoms with Gasteiger partial charge in [0.25, 0.3) is 11.8 Å². The summed E-state index contributed by atoms with van der Waals surface area (Å²) in [4.78, 5) is 28.9. The Bertz CT molecular complexity index is 1300. The third-order valence-electron chi connectivity index (χ3n) is 6.08. The van der Waals surface area contributed by atoms with Gasteiger partial charge >= 0.3 is 0 Å². The number of nitrogens with zero attached hydrogens (tertiary/aromatic N) is 1. The van der Waals surface area contributed by atoms with Crippen molar-refractivity contribution in [1.29, 1.82) is 0 Å². The summed E-state index contributed by atoms with van der Waals surface area (Å²) >= 11 is 16.0. The van der Waals surface area contributed by atoms with Crippen LogP contribution < -0.4 is 16.0 Å². The minimum Gasteiger partial charge on any atom is -0.367 e. The van der Waals surface area contributed by atoms with E-state index >= 15 is 0 Å². The number of carbonyl (C=O) groups excluding carboxylic acids is 2. The van der Waals surface area contributed by atoms with Crippen molar-refractivity contribution < 1.29 is 9.59 Å². The SMILES string of the molecule is CN(C)CCCNC(=O)c1ccc(Br)cc1NC1(Cc2cccc(Cl)c2)C(=O)Nc2cc(Cl)ccc21. The van der Waals surface area contributed by atoms with E-state index < -0.39 is 5.54 Å². The summed E-state index contributed by atoms with van der Waals surface area (Å²) in [6.07, 6.45) is 1.14. The molecule has 1 unspecified atom stereocenters. The van der Waals surface area contributed by atoms with Gasteiger partial charge in [-0.05, 0) is 75.1 Å². The van der Waals surface area contributed by atoms with E-state index in [1.54, 1.807) is 24.3 Å². The number of halogens is 3. The number of nitrogens with one attached hydrogen (secondary N) is 3. The molecule has 0 bridgehead atoms. The van der Waals surface area contributed by atoms with Crippen molar-refractivity contribution in [1.82, 2.24) is 10.2 Å². The highest BCUT2D eigenvalue weighted by atomic mass is 79.9. The maximum absolute atomic E-state index is 13.6. The third kappa shape index (κ3) is 5.86. The summed E-state index contributed by atoms with van der Waals surface area (Å²) in [5.41, 5.74) is 2.04. The molecule has 0 saturated carbocycles. The molecule has 0 radical (unpaired) electrons. The van der Waals surface area contributed by atoms with Crippen LogP contribution in [0.3, 0.4) is 0 Å². The standard InChI is InChI=1S/C27H27BrCl2N4O2/c1-34(2)12-4-11-31-25(35)21-9-7-18(28)14-23(21)33-27(16-17-5-3-6-19(29)13-17)22-10-8-20(30)15-24(22)32-26(27)36/h3,5-10,13-15,33H,4,11-12,16H2,1-2H3,(H,31,35)(H,32,36). The first-order valence-electron chi connectivity index (χ1n) is 11.5. The van der Waals surface area contributed by atoms with Crippen LogP contribution >= 0.6 is 39.1 Å². The molecule has 0 aliphatic carbocycles. The van der Waals surface area contributed by atoms with Gasteiger partial charge in [0.2, 0.25) is 0 Å². The average Bonchev–Trinajstić information content (AvgIpc) is 3.06. The van der Waals surface area contributed by atoms with Crippen molar-refractivity contribution in [2.75, 3.05) is 37.8 Å². The van der Waals surface area contributed by atoms with Gasteiger partial charge in [0.15, 0.2) is 0 Å². The van der Waals surface area contributed by atoms with Crippen molar-refractivity contribution in [3.05, 3.63) is 91.9 Å². The molecule has 0 spiro atoms. The molecule has 0 aromatic heterocycles. The maximum Gasteiger partial charge on any atom is 0.255 e. The lowest BCUT2D eigenvalue weighted by molar-refractivity contribution is -0.119. The monoisotopic (exact) mass is 588 g/mol. The second kappa shape index (κ2) is 11.2. The van der Waals surface area contributed by atoms with Crippen LogP contribution in [0.1, 0.15) is 27.9 Å². The molecule has 3 aromatic rings. The van der Waals surface area contributed by atoms with Crippen LogP contribution in [-0.2, 0) is 16.8 Å². The number of hydrogen-bond donors (Lipinski definition) is 3. The summed E-state index contributed by atoms with van der Waals surface area (Å²) in [6, 6.07) is 18.1. The van der Waals surface area contributed by atoms with Crippen LogP contribution in [0.5, 0.6) is 0 Å². The Balaban J connectivity index is 1.73. The molecule has 1 atom stereocenters. The van der Waals surface area contributed by atoms with Gasteiger partial charge in [-0.15, -0.1) is 0 Å². The number of amides is 2. The van der Waals surface area contributed by atoms with Crippen molar-refractivity contribution in [2.45, 2.75) is 18.4 Å². The Hall–Kier alpha value is -2.58. The highest BCUT2D eigenvalue weighted by Crippen LogP contribution is 2.43. The minimum atomic E-state index is -1.19. The van der Waals surface area contributed by atoms with Crippen molar-refractivity contribution in [3.63, 3.8) is 0 Å². The second-order valence-electron chi connectivity index (χ2n) is 9.08. The molecule has 1 heterocycles. The molecule has 4 rings (SSSR count). The fraction of sp³-hybridized carbons (Fsp3) is 0.259. The van der Waals surface area contributed by atoms with Gasteiger partial charge in [-0.3, -0.25) is 9.59 Å². The van der Waals surface area contributed by atoms with E-state index in [1.165, 1.54) is 0 Å². The number of hydrogen-bond acceptors (Lipinski definition) is 4. The predicted molar refractivity (Wildman–Crippen MR) is 150 cm³/mol. The van der Waals surface area contributed by atoms with Gasteiger partial charge in [0.1, 0.15) is 5.54 Å². The fourth-order valence-electron chi connectivity index (χ4n) is 4.38. The molecule has 3 aromatic carbocycles. The molecule has 1 aliphatic heterocycles. The van der Waals surface area contributed by atoms with Gasteiger partial charge in [-0.2, -0.15) is 0 Å². The first-order valence-corrected chi connectivity index (χ1v) is 13.1. The van der Waals surface area contributed by atoms with Crippen LogP contribution in [0.2, 0.25) is 10.0 Å². The van der Waals surface area contributed by atoms with Crippen molar-refractivity contribution in [2.24, 2.45) is 0 Å². The molecule has 3 N–H and O–H groups in total. The predicted octanol–water partition coefficient (Wildman–Crippen LogP) is 5.94. The third-order valence-corrected chi connectivity index (χ3v) is 7.04. The van der Waals surface area contributed by atoms with E-state index in [0.717, 1.165) is 28.6 Å². The van der Waals surface area contributed by atoms with E-state index in [-0.39, 0.29) is 11.8 Å². The summed E-state index contributed by atoms with van der Waals surface area (Å²) in [6.45, 7) is 1.41. The molecule has 36 heavy (non-hydrogen) atoms. The topological polar surface area (TPSA) is 73.5 Å². The highest BCUT2D eigenvalue weighted by molar-refractivity contribution is 9.10. The number of benzene rings is 3. The van der Waals surface area contributed by atoms with Gasteiger partial charge in [0, 0.05) is 44.4 Å². The van der Waals surface area contributed by atoms with Gasteiger partial charge < -0.3 is 20.9 Å². The molecular formula is C27H27BrCl2N4O2. The van der Waals surface area contributed by atoms with Gasteiger partial charge in [-0.1, -0.05) is 57.3 Å². The molecular weight excluding hydrogens is 563 g/mol. The van der Waals surface area contributed by atoms with E-state index in [1.807, 2.05) is 50.5 Å². The molecule has 1 aliphatic rings. The van der Waals surface area contributed by atoms with Crippen LogP contribution in [0.25, 0.3) is 0 Å². The smallest absolute Gasteiger partial charge is 0.255 e. The van der Waals surface area contributed by atoms with Gasteiger partial charge in [-0.25, -0.2) is 0 Å². The molecule has 9 heteroatoms. The Morgan fingerprint density at radius 2 is 1.83 bits per heavy atom. The zero-order chi connectivity index (χ0) is 25.9. The average molecular weight is 590 g/mol. The zero-order valence-corrected chi connectivity index (χ0v) is 23.1. The minimum absolute atomic E-state index is 0.212. The Morgan fingerprint density at radius 3 is 2.58 bits per heavy atom. The van der Waals surface area contributed by atoms with Crippen LogP contribution in [0.4, 0.5) is 11.4 Å². The maximum atomic E-state index is 13.6. The Morgan fingerprint density at radius 1 is 1.06 bits per heavy atom. The first kappa shape index (κ1) is 26.5. The van der Waals surface area contributed by atoms with Crippen molar-refractivity contribution >= 4 is 62.3 Å². The lowest BCUT2D eigenvalue weighted by atomic mass is 9.84. The van der Waals surface area contributed by atoms with E-state index in [0.29, 0.717) is 39.9 Å². The lowest BCUT2D eigenvalue weighted by Gasteiger charge is -2.31. The summed E-state index contributed by atoms with van der Waals surface area (Å²) in [7, 11) is 3.99. The molecule has 2 amide bonds. The van der Waals surface area contributed by atoms with E-state index in [9.17, 15) is 9.59 Å². The molecule has 188 valence electrons.